The molecule has 0 amide bonds. The Bertz CT molecular complexity index is 639. The summed E-state index contributed by atoms with van der Waals surface area (Å²) in [5.41, 5.74) is 0. The molecule has 2 fully saturated rings. The summed E-state index contributed by atoms with van der Waals surface area (Å²) in [6.07, 6.45) is 2.02. The Kier molecular flexibility index (Phi) is 3.81. The summed E-state index contributed by atoms with van der Waals surface area (Å²) >= 11 is 1.07. The number of thiophene rings is 1. The van der Waals surface area contributed by atoms with Crippen LogP contribution in [0.1, 0.15) is 35.4 Å². The van der Waals surface area contributed by atoms with Gasteiger partial charge in [-0.2, -0.15) is 4.31 Å². The van der Waals surface area contributed by atoms with E-state index in [0.29, 0.717) is 12.8 Å². The van der Waals surface area contributed by atoms with Crippen LogP contribution in [0.5, 0.6) is 0 Å². The lowest BCUT2D eigenvalue weighted by Crippen LogP contribution is -2.48. The first-order chi connectivity index (χ1) is 9.95. The highest BCUT2D eigenvalue weighted by atomic mass is 32.2. The van der Waals surface area contributed by atoms with Crippen LogP contribution in [0.25, 0.3) is 0 Å². The minimum absolute atomic E-state index is 0.0210. The summed E-state index contributed by atoms with van der Waals surface area (Å²) in [6, 6.07) is 1.11. The van der Waals surface area contributed by atoms with Gasteiger partial charge < -0.3 is 9.84 Å². The Morgan fingerprint density at radius 1 is 1.38 bits per heavy atom. The molecule has 1 N–H and O–H groups in total. The van der Waals surface area contributed by atoms with Gasteiger partial charge in [-0.3, -0.25) is 0 Å². The zero-order valence-corrected chi connectivity index (χ0v) is 13.2. The SMILES string of the molecule is COC(=O)c1sccc1S(=O)(=O)N1C2CCC1CC(O)C2. The first-order valence-electron chi connectivity index (χ1n) is 6.82. The zero-order chi connectivity index (χ0) is 15.2. The number of hydrogen-bond donors (Lipinski definition) is 1. The first kappa shape index (κ1) is 15.0. The average molecular weight is 331 g/mol. The van der Waals surface area contributed by atoms with E-state index in [9.17, 15) is 18.3 Å². The van der Waals surface area contributed by atoms with Crippen molar-refractivity contribution in [2.24, 2.45) is 0 Å². The fourth-order valence-electron chi connectivity index (χ4n) is 3.35. The molecule has 0 aromatic carbocycles. The highest BCUT2D eigenvalue weighted by molar-refractivity contribution is 7.89. The molecule has 3 heterocycles. The van der Waals surface area contributed by atoms with Crippen LogP contribution in [0.4, 0.5) is 0 Å². The van der Waals surface area contributed by atoms with Gasteiger partial charge in [0.15, 0.2) is 0 Å². The molecule has 2 bridgehead atoms. The Labute approximate surface area is 127 Å². The van der Waals surface area contributed by atoms with Crippen molar-refractivity contribution >= 4 is 27.3 Å². The minimum Gasteiger partial charge on any atom is -0.465 e. The standard InChI is InChI=1S/C13H17NO5S2/c1-19-13(16)12-11(4-5-20-12)21(17,18)14-8-2-3-9(14)7-10(15)6-8/h4-5,8-10,15H,2-3,6-7H2,1H3. The van der Waals surface area contributed by atoms with Crippen molar-refractivity contribution in [3.63, 3.8) is 0 Å². The van der Waals surface area contributed by atoms with Crippen LogP contribution in [0, 0.1) is 0 Å². The predicted octanol–water partition coefficient (Wildman–Crippen LogP) is 1.21. The van der Waals surface area contributed by atoms with Gasteiger partial charge in [-0.15, -0.1) is 11.3 Å². The van der Waals surface area contributed by atoms with Gasteiger partial charge in [0.2, 0.25) is 10.0 Å². The van der Waals surface area contributed by atoms with Crippen molar-refractivity contribution in [1.29, 1.82) is 0 Å². The monoisotopic (exact) mass is 331 g/mol. The number of carbonyl (C=O) groups is 1. The van der Waals surface area contributed by atoms with Gasteiger partial charge in [0.05, 0.1) is 13.2 Å². The smallest absolute Gasteiger partial charge is 0.349 e. The molecular formula is C13H17NO5S2. The lowest BCUT2D eigenvalue weighted by molar-refractivity contribution is 0.0599. The van der Waals surface area contributed by atoms with Gasteiger partial charge in [0, 0.05) is 12.1 Å². The summed E-state index contributed by atoms with van der Waals surface area (Å²) in [7, 11) is -2.50. The van der Waals surface area contributed by atoms with Gasteiger partial charge in [0.1, 0.15) is 9.77 Å². The summed E-state index contributed by atoms with van der Waals surface area (Å²) < 4.78 is 31.9. The molecule has 116 valence electrons. The van der Waals surface area contributed by atoms with Crippen LogP contribution < -0.4 is 0 Å². The number of esters is 1. The molecule has 3 rings (SSSR count). The number of methoxy groups -OCH3 is 1. The molecule has 0 aliphatic carbocycles. The van der Waals surface area contributed by atoms with Crippen molar-refractivity contribution in [2.75, 3.05) is 7.11 Å². The van der Waals surface area contributed by atoms with Gasteiger partial charge >= 0.3 is 5.97 Å². The zero-order valence-electron chi connectivity index (χ0n) is 11.6. The number of aliphatic hydroxyl groups is 1. The van der Waals surface area contributed by atoms with Gasteiger partial charge in [-0.25, -0.2) is 13.2 Å². The number of ether oxygens (including phenoxy) is 1. The van der Waals surface area contributed by atoms with Crippen LogP contribution in [-0.4, -0.2) is 49.1 Å². The summed E-state index contributed by atoms with van der Waals surface area (Å²) in [6.45, 7) is 0. The Morgan fingerprint density at radius 3 is 2.57 bits per heavy atom. The Balaban J connectivity index is 1.99. The number of piperidine rings is 1. The normalized spacial score (nSPS) is 29.5. The highest BCUT2D eigenvalue weighted by Crippen LogP contribution is 2.41. The maximum absolute atomic E-state index is 12.9. The van der Waals surface area contributed by atoms with Crippen molar-refractivity contribution in [3.05, 3.63) is 16.3 Å². The second kappa shape index (κ2) is 5.35. The summed E-state index contributed by atoms with van der Waals surface area (Å²) in [5, 5.41) is 11.4. The highest BCUT2D eigenvalue weighted by Gasteiger charge is 2.47. The lowest BCUT2D eigenvalue weighted by atomic mass is 10.0. The molecule has 8 heteroatoms. The van der Waals surface area contributed by atoms with Crippen molar-refractivity contribution in [2.45, 2.75) is 48.8 Å². The molecule has 0 spiro atoms. The lowest BCUT2D eigenvalue weighted by Gasteiger charge is -2.35. The first-order valence-corrected chi connectivity index (χ1v) is 9.14. The fourth-order valence-corrected chi connectivity index (χ4v) is 6.56. The molecule has 1 aromatic heterocycles. The third-order valence-electron chi connectivity index (χ3n) is 4.20. The van der Waals surface area contributed by atoms with E-state index in [4.69, 9.17) is 0 Å². The molecule has 1 aromatic rings. The molecule has 2 aliphatic heterocycles. The van der Waals surface area contributed by atoms with Crippen LogP contribution in [0.15, 0.2) is 16.3 Å². The number of aliphatic hydroxyl groups excluding tert-OH is 1. The third kappa shape index (κ3) is 2.40. The van der Waals surface area contributed by atoms with Crippen molar-refractivity contribution < 1.29 is 23.1 Å². The van der Waals surface area contributed by atoms with E-state index in [1.807, 2.05) is 0 Å². The van der Waals surface area contributed by atoms with Gasteiger partial charge in [-0.1, -0.05) is 0 Å². The molecule has 21 heavy (non-hydrogen) atoms. The Morgan fingerprint density at radius 2 is 2.00 bits per heavy atom. The van der Waals surface area contributed by atoms with E-state index in [0.717, 1.165) is 24.2 Å². The Hall–Kier alpha value is -0.960. The molecule has 2 aliphatic rings. The second-order valence-corrected chi connectivity index (χ2v) is 8.18. The maximum Gasteiger partial charge on any atom is 0.349 e. The number of nitrogens with zero attached hydrogens (tertiary/aromatic N) is 1. The second-order valence-electron chi connectivity index (χ2n) is 5.45. The van der Waals surface area contributed by atoms with Crippen molar-refractivity contribution in [1.82, 2.24) is 4.31 Å². The largest absolute Gasteiger partial charge is 0.465 e. The molecule has 2 atom stereocenters. The quantitative estimate of drug-likeness (QED) is 0.842. The van der Waals surface area contributed by atoms with Gasteiger partial charge in [-0.05, 0) is 37.1 Å². The molecule has 0 saturated carbocycles. The molecular weight excluding hydrogens is 314 g/mol. The summed E-state index contributed by atoms with van der Waals surface area (Å²) in [4.78, 5) is 11.9. The van der Waals surface area contributed by atoms with E-state index in [-0.39, 0.29) is 21.9 Å². The number of fused-ring (bicyclic) bond motifs is 2. The summed E-state index contributed by atoms with van der Waals surface area (Å²) in [5.74, 6) is -0.632. The number of carbonyl (C=O) groups excluding carboxylic acids is 1. The van der Waals surface area contributed by atoms with Crippen LogP contribution in [0.2, 0.25) is 0 Å². The van der Waals surface area contributed by atoms with Crippen LogP contribution in [0.3, 0.4) is 0 Å². The molecule has 0 radical (unpaired) electrons. The van der Waals surface area contributed by atoms with Crippen LogP contribution >= 0.6 is 11.3 Å². The van der Waals surface area contributed by atoms with Crippen molar-refractivity contribution in [3.8, 4) is 0 Å². The number of sulfonamides is 1. The minimum atomic E-state index is -3.73. The topological polar surface area (TPSA) is 83.9 Å². The molecule has 2 unspecified atom stereocenters. The number of hydrogen-bond acceptors (Lipinski definition) is 6. The average Bonchev–Trinajstić information content (AvgIpc) is 3.02. The van der Waals surface area contributed by atoms with E-state index in [1.165, 1.54) is 17.5 Å². The number of rotatable bonds is 3. The van der Waals surface area contributed by atoms with Crippen LogP contribution in [-0.2, 0) is 14.8 Å². The van der Waals surface area contributed by atoms with E-state index in [2.05, 4.69) is 4.74 Å². The van der Waals surface area contributed by atoms with E-state index >= 15 is 0 Å². The predicted molar refractivity (Wildman–Crippen MR) is 76.7 cm³/mol. The van der Waals surface area contributed by atoms with E-state index < -0.39 is 22.1 Å². The molecule has 6 nitrogen and oxygen atoms in total. The fraction of sp³-hybridized carbons (Fsp3) is 0.615. The molecule has 2 saturated heterocycles. The maximum atomic E-state index is 12.9. The van der Waals surface area contributed by atoms with Gasteiger partial charge in [0.25, 0.3) is 0 Å². The third-order valence-corrected chi connectivity index (χ3v) is 7.27. The van der Waals surface area contributed by atoms with E-state index in [1.54, 1.807) is 5.38 Å².